The number of nitrogens with zero attached hydrogens (tertiary/aromatic N) is 2. The van der Waals surface area contributed by atoms with Crippen molar-refractivity contribution < 1.29 is 13.2 Å². The Labute approximate surface area is 236 Å². The van der Waals surface area contributed by atoms with Crippen LogP contribution in [0.2, 0.25) is 0 Å². The number of carbonyl (C=O) groups is 1. The molecule has 3 saturated carbocycles. The lowest BCUT2D eigenvalue weighted by Gasteiger charge is -2.25. The van der Waals surface area contributed by atoms with Crippen LogP contribution in [0, 0.1) is 11.8 Å². The fraction of sp³-hybridized carbons (Fsp3) is 0.655. The molecule has 1 aromatic heterocycles. The lowest BCUT2D eigenvalue weighted by molar-refractivity contribution is -0.119. The predicted octanol–water partition coefficient (Wildman–Crippen LogP) is 6.38. The number of nitrogens with one attached hydrogen (secondary N) is 1. The number of amides is 1. The maximum atomic E-state index is 13.9. The van der Waals surface area contributed by atoms with Crippen molar-refractivity contribution in [2.45, 2.75) is 91.4 Å². The molecule has 208 valence electrons. The molecule has 4 fully saturated rings. The van der Waals surface area contributed by atoms with Gasteiger partial charge >= 0.3 is 0 Å². The van der Waals surface area contributed by atoms with Gasteiger partial charge in [0.15, 0.2) is 15.0 Å². The third kappa shape index (κ3) is 5.72. The van der Waals surface area contributed by atoms with Crippen molar-refractivity contribution in [1.82, 2.24) is 9.88 Å². The first kappa shape index (κ1) is 28.1. The number of sulfone groups is 1. The first-order valence-electron chi connectivity index (χ1n) is 13.9. The molecule has 2 heterocycles. The van der Waals surface area contributed by atoms with Gasteiger partial charge in [-0.2, -0.15) is 0 Å². The summed E-state index contributed by atoms with van der Waals surface area (Å²) >= 11 is 3.37. The topological polar surface area (TPSA) is 79.4 Å². The molecular formula is C29H41N3O3S3. The van der Waals surface area contributed by atoms with E-state index in [4.69, 9.17) is 0 Å². The molecule has 2 aromatic rings. The maximum absolute atomic E-state index is 13.9. The van der Waals surface area contributed by atoms with Crippen LogP contribution in [0.5, 0.6) is 0 Å². The van der Waals surface area contributed by atoms with Crippen molar-refractivity contribution in [2.75, 3.05) is 30.7 Å². The van der Waals surface area contributed by atoms with Gasteiger partial charge in [-0.3, -0.25) is 4.79 Å². The van der Waals surface area contributed by atoms with Crippen molar-refractivity contribution in [1.29, 1.82) is 0 Å². The summed E-state index contributed by atoms with van der Waals surface area (Å²) < 4.78 is 26.6. The van der Waals surface area contributed by atoms with Crippen LogP contribution < -0.4 is 5.32 Å². The van der Waals surface area contributed by atoms with Crippen LogP contribution in [0.4, 0.5) is 5.13 Å². The van der Waals surface area contributed by atoms with Gasteiger partial charge in [0, 0.05) is 12.3 Å². The Morgan fingerprint density at radius 3 is 2.45 bits per heavy atom. The molecule has 1 aliphatic heterocycles. The summed E-state index contributed by atoms with van der Waals surface area (Å²) in [5, 5.41) is 3.60. The van der Waals surface area contributed by atoms with Crippen LogP contribution in [-0.2, 0) is 20.0 Å². The smallest absolute Gasteiger partial charge is 0.237 e. The van der Waals surface area contributed by atoms with Gasteiger partial charge in [0.25, 0.3) is 0 Å². The number of rotatable bonds is 10. The van der Waals surface area contributed by atoms with E-state index >= 15 is 0 Å². The zero-order valence-electron chi connectivity index (χ0n) is 21.4. The van der Waals surface area contributed by atoms with Crippen molar-refractivity contribution in [3.8, 4) is 0 Å². The van der Waals surface area contributed by atoms with Gasteiger partial charge in [0.2, 0.25) is 5.91 Å². The molecule has 9 heteroatoms. The predicted molar refractivity (Wildman–Crippen MR) is 157 cm³/mol. The molecule has 4 aliphatic rings. The van der Waals surface area contributed by atoms with E-state index in [1.807, 2.05) is 30.1 Å². The number of anilines is 1. The molecule has 1 aromatic carbocycles. The second-order valence-corrected chi connectivity index (χ2v) is 15.9. The highest BCUT2D eigenvalue weighted by Gasteiger charge is 2.63. The summed E-state index contributed by atoms with van der Waals surface area (Å²) in [7, 11) is -3.24. The fourth-order valence-corrected chi connectivity index (χ4v) is 10.1. The molecule has 3 aliphatic carbocycles. The fourth-order valence-electron chi connectivity index (χ4n) is 6.50. The Morgan fingerprint density at radius 1 is 1.05 bits per heavy atom. The van der Waals surface area contributed by atoms with Gasteiger partial charge in [0.1, 0.15) is 0 Å². The first-order chi connectivity index (χ1) is 18.0. The van der Waals surface area contributed by atoms with E-state index < -0.39 is 15.3 Å². The Hall–Kier alpha value is -1.42. The van der Waals surface area contributed by atoms with Crippen LogP contribution >= 0.6 is 23.1 Å². The number of aromatic nitrogens is 1. The van der Waals surface area contributed by atoms with Gasteiger partial charge < -0.3 is 10.2 Å². The zero-order valence-corrected chi connectivity index (χ0v) is 23.8. The van der Waals surface area contributed by atoms with E-state index in [1.54, 1.807) is 23.5 Å². The van der Waals surface area contributed by atoms with Crippen LogP contribution in [0.3, 0.4) is 0 Å². The van der Waals surface area contributed by atoms with Crippen molar-refractivity contribution in [2.24, 2.45) is 11.8 Å². The summed E-state index contributed by atoms with van der Waals surface area (Å²) in [6.45, 7) is 3.52. The van der Waals surface area contributed by atoms with Gasteiger partial charge in [0.05, 0.1) is 26.0 Å². The number of likely N-dealkylation sites (tertiary alicyclic amines) is 1. The number of carbonyl (C=O) groups excluding carboxylic acids is 1. The number of hydrogen-bond acceptors (Lipinski definition) is 7. The van der Waals surface area contributed by atoms with Gasteiger partial charge in [-0.05, 0) is 74.7 Å². The summed E-state index contributed by atoms with van der Waals surface area (Å²) in [6.07, 6.45) is 13.0. The van der Waals surface area contributed by atoms with Crippen LogP contribution in [0.1, 0.15) is 77.2 Å². The number of thiazole rings is 1. The number of benzene rings is 1. The minimum absolute atomic E-state index is 0. The third-order valence-corrected chi connectivity index (χ3v) is 13.2. The third-order valence-electron chi connectivity index (χ3n) is 8.86. The molecule has 6 rings (SSSR count). The molecule has 38 heavy (non-hydrogen) atoms. The molecule has 2 unspecified atom stereocenters. The van der Waals surface area contributed by atoms with E-state index in [9.17, 15) is 13.2 Å². The SMILES string of the molecule is C.O=C(Nc1ncc(SCCN2CCCC2)s1)C1(c2ccc(S(=O)(=O)C3CC3)cc2)CC1C1CCCCC1. The van der Waals surface area contributed by atoms with Gasteiger partial charge in [-0.15, -0.1) is 11.8 Å². The highest BCUT2D eigenvalue weighted by molar-refractivity contribution is 8.01. The van der Waals surface area contributed by atoms with E-state index in [0.717, 1.165) is 41.3 Å². The Morgan fingerprint density at radius 2 is 1.76 bits per heavy atom. The monoisotopic (exact) mass is 575 g/mol. The summed E-state index contributed by atoms with van der Waals surface area (Å²) in [6, 6.07) is 7.26. The van der Waals surface area contributed by atoms with E-state index in [1.165, 1.54) is 58.0 Å². The van der Waals surface area contributed by atoms with Gasteiger partial charge in [-0.1, -0.05) is 63.0 Å². The molecule has 1 saturated heterocycles. The molecule has 0 spiro atoms. The molecule has 1 N–H and O–H groups in total. The maximum Gasteiger partial charge on any atom is 0.237 e. The highest BCUT2D eigenvalue weighted by atomic mass is 32.2. The number of hydrogen-bond donors (Lipinski definition) is 1. The molecule has 6 nitrogen and oxygen atoms in total. The Balaban J connectivity index is 0.00000294. The minimum atomic E-state index is -3.24. The largest absolute Gasteiger partial charge is 0.303 e. The van der Waals surface area contributed by atoms with E-state index in [2.05, 4.69) is 15.2 Å². The average Bonchev–Trinajstić information content (AvgIpc) is 3.81. The number of thioether (sulfide) groups is 1. The summed E-state index contributed by atoms with van der Waals surface area (Å²) in [5.74, 6) is 1.93. The summed E-state index contributed by atoms with van der Waals surface area (Å²) in [4.78, 5) is 21.3. The van der Waals surface area contributed by atoms with Gasteiger partial charge in [-0.25, -0.2) is 13.4 Å². The Kier molecular flexibility index (Phi) is 8.58. The average molecular weight is 576 g/mol. The van der Waals surface area contributed by atoms with Crippen LogP contribution in [0.25, 0.3) is 0 Å². The minimum Gasteiger partial charge on any atom is -0.303 e. The lowest BCUT2D eigenvalue weighted by Crippen LogP contribution is -2.32. The second-order valence-electron chi connectivity index (χ2n) is 11.3. The van der Waals surface area contributed by atoms with Crippen molar-refractivity contribution in [3.05, 3.63) is 36.0 Å². The second kappa shape index (κ2) is 11.6. The van der Waals surface area contributed by atoms with Crippen molar-refractivity contribution >= 4 is 44.0 Å². The standard InChI is InChI=1S/C28H37N3O3S3.CH4/c32-26(30-27-29-19-25(36-27)35-17-16-31-14-4-5-15-31)28(18-24(28)20-6-2-1-3-7-20)21-8-10-22(11-9-21)37(33,34)23-12-13-23;/h8-11,19-20,23-24H,1-7,12-18H2,(H,29,30,32);1H4. The lowest BCUT2D eigenvalue weighted by atomic mass is 9.80. The molecule has 0 bridgehead atoms. The molecular weight excluding hydrogens is 535 g/mol. The highest BCUT2D eigenvalue weighted by Crippen LogP contribution is 2.61. The van der Waals surface area contributed by atoms with Crippen molar-refractivity contribution in [3.63, 3.8) is 0 Å². The van der Waals surface area contributed by atoms with Crippen LogP contribution in [-0.4, -0.2) is 54.8 Å². The Bertz CT molecular complexity index is 1210. The molecule has 1 amide bonds. The normalized spacial score (nSPS) is 26.2. The molecule has 0 radical (unpaired) electrons. The van der Waals surface area contributed by atoms with E-state index in [0.29, 0.717) is 21.9 Å². The molecule has 2 atom stereocenters. The summed E-state index contributed by atoms with van der Waals surface area (Å²) in [5.41, 5.74) is 0.366. The van der Waals surface area contributed by atoms with Crippen LogP contribution in [0.15, 0.2) is 39.6 Å². The quantitative estimate of drug-likeness (QED) is 0.331. The zero-order chi connectivity index (χ0) is 25.5. The van der Waals surface area contributed by atoms with E-state index in [-0.39, 0.29) is 18.6 Å². The first-order valence-corrected chi connectivity index (χ1v) is 17.3.